The Morgan fingerprint density at radius 2 is 1.55 bits per heavy atom. The smallest absolute Gasteiger partial charge is 0.153 e. The van der Waals surface area contributed by atoms with E-state index in [0.717, 1.165) is 21.2 Å². The molecule has 0 saturated heterocycles. The molecule has 0 N–H and O–H groups in total. The first-order valence-electron chi connectivity index (χ1n) is 6.34. The number of benzene rings is 3. The quantitative estimate of drug-likeness (QED) is 0.637. The van der Waals surface area contributed by atoms with Crippen molar-refractivity contribution in [3.05, 3.63) is 77.3 Å². The summed E-state index contributed by atoms with van der Waals surface area (Å²) in [5.41, 5.74) is 0.917. The van der Waals surface area contributed by atoms with Gasteiger partial charge in [-0.3, -0.25) is 0 Å². The van der Waals surface area contributed by atoms with Crippen LogP contribution in [0.2, 0.25) is 5.02 Å². The molecular formula is C17H13ClOS. The van der Waals surface area contributed by atoms with E-state index in [2.05, 4.69) is 6.07 Å². The topological polar surface area (TPSA) is 23.1 Å². The van der Waals surface area contributed by atoms with Crippen molar-refractivity contribution in [2.75, 3.05) is 0 Å². The van der Waals surface area contributed by atoms with E-state index in [-0.39, 0.29) is 0 Å². The van der Waals surface area contributed by atoms with Crippen LogP contribution in [0.1, 0.15) is 5.56 Å². The van der Waals surface area contributed by atoms with E-state index < -0.39 is 11.2 Å². The summed E-state index contributed by atoms with van der Waals surface area (Å²) in [7, 11) is 0. The molecule has 20 heavy (non-hydrogen) atoms. The Bertz CT molecular complexity index is 742. The SMILES string of the molecule is [O-][S+](Cc1ccccc1Cl)c1ccc2ccccc2c1. The Morgan fingerprint density at radius 3 is 2.35 bits per heavy atom. The first kappa shape index (κ1) is 13.5. The van der Waals surface area contributed by atoms with Crippen molar-refractivity contribution in [2.45, 2.75) is 10.6 Å². The van der Waals surface area contributed by atoms with Gasteiger partial charge in [-0.15, -0.1) is 0 Å². The maximum absolute atomic E-state index is 12.5. The van der Waals surface area contributed by atoms with Crippen LogP contribution >= 0.6 is 11.6 Å². The Morgan fingerprint density at radius 1 is 0.850 bits per heavy atom. The number of fused-ring (bicyclic) bond motifs is 1. The number of hydrogen-bond acceptors (Lipinski definition) is 1. The van der Waals surface area contributed by atoms with Gasteiger partial charge in [-0.2, -0.15) is 0 Å². The highest BCUT2D eigenvalue weighted by Crippen LogP contribution is 2.24. The fourth-order valence-corrected chi connectivity index (χ4v) is 3.61. The second-order valence-corrected chi connectivity index (χ2v) is 6.45. The molecular weight excluding hydrogens is 288 g/mol. The predicted octanol–water partition coefficient (Wildman–Crippen LogP) is 4.80. The van der Waals surface area contributed by atoms with Gasteiger partial charge in [0.2, 0.25) is 0 Å². The Hall–Kier alpha value is -1.48. The van der Waals surface area contributed by atoms with Gasteiger partial charge in [0.1, 0.15) is 5.75 Å². The molecule has 0 aromatic heterocycles. The Kier molecular flexibility index (Phi) is 3.97. The van der Waals surface area contributed by atoms with Crippen molar-refractivity contribution in [3.63, 3.8) is 0 Å². The van der Waals surface area contributed by atoms with Gasteiger partial charge in [0.25, 0.3) is 0 Å². The molecule has 0 bridgehead atoms. The minimum absolute atomic E-state index is 0.442. The first-order valence-corrected chi connectivity index (χ1v) is 8.04. The third-order valence-electron chi connectivity index (χ3n) is 3.23. The summed E-state index contributed by atoms with van der Waals surface area (Å²) >= 11 is 5.03. The standard InChI is InChI=1S/C17H13ClOS/c18-17-8-4-3-7-15(17)12-20(19)16-10-9-13-5-1-2-6-14(13)11-16/h1-11H,12H2. The second kappa shape index (κ2) is 5.88. The average molecular weight is 301 g/mol. The van der Waals surface area contributed by atoms with E-state index in [0.29, 0.717) is 10.8 Å². The second-order valence-electron chi connectivity index (χ2n) is 4.59. The van der Waals surface area contributed by atoms with Crippen LogP contribution in [0, 0.1) is 0 Å². The molecule has 0 radical (unpaired) electrons. The van der Waals surface area contributed by atoms with Crippen LogP contribution in [-0.2, 0) is 16.9 Å². The summed E-state index contributed by atoms with van der Waals surface area (Å²) in [4.78, 5) is 0.837. The van der Waals surface area contributed by atoms with Gasteiger partial charge in [0.05, 0.1) is 0 Å². The Balaban J connectivity index is 1.89. The zero-order valence-corrected chi connectivity index (χ0v) is 12.3. The van der Waals surface area contributed by atoms with Gasteiger partial charge in [-0.05, 0) is 40.1 Å². The molecule has 0 heterocycles. The minimum atomic E-state index is -1.09. The van der Waals surface area contributed by atoms with Crippen LogP contribution in [0.4, 0.5) is 0 Å². The minimum Gasteiger partial charge on any atom is -0.611 e. The summed E-state index contributed by atoms with van der Waals surface area (Å²) < 4.78 is 12.5. The van der Waals surface area contributed by atoms with E-state index in [1.807, 2.05) is 60.7 Å². The lowest BCUT2D eigenvalue weighted by Crippen LogP contribution is -2.05. The number of rotatable bonds is 3. The summed E-state index contributed by atoms with van der Waals surface area (Å²) in [5, 5.41) is 2.94. The number of halogens is 1. The summed E-state index contributed by atoms with van der Waals surface area (Å²) in [6, 6.07) is 21.5. The highest BCUT2D eigenvalue weighted by atomic mass is 35.5. The van der Waals surface area contributed by atoms with Gasteiger partial charge < -0.3 is 4.55 Å². The van der Waals surface area contributed by atoms with Crippen LogP contribution in [0.3, 0.4) is 0 Å². The van der Waals surface area contributed by atoms with Gasteiger partial charge in [0.15, 0.2) is 4.90 Å². The molecule has 3 aromatic rings. The summed E-state index contributed by atoms with van der Waals surface area (Å²) in [5.74, 6) is 0.442. The molecule has 1 nitrogen and oxygen atoms in total. The average Bonchev–Trinajstić information content (AvgIpc) is 2.49. The van der Waals surface area contributed by atoms with Crippen LogP contribution in [0.15, 0.2) is 71.6 Å². The normalized spacial score (nSPS) is 12.5. The van der Waals surface area contributed by atoms with Crippen LogP contribution in [0.5, 0.6) is 0 Å². The van der Waals surface area contributed by atoms with E-state index >= 15 is 0 Å². The maximum atomic E-state index is 12.5. The van der Waals surface area contributed by atoms with Crippen molar-refractivity contribution in [1.82, 2.24) is 0 Å². The van der Waals surface area contributed by atoms with E-state index in [4.69, 9.17) is 11.6 Å². The lowest BCUT2D eigenvalue weighted by Gasteiger charge is -2.12. The molecule has 0 spiro atoms. The van der Waals surface area contributed by atoms with Crippen LogP contribution in [0.25, 0.3) is 10.8 Å². The lowest BCUT2D eigenvalue weighted by molar-refractivity contribution is 0.594. The zero-order valence-electron chi connectivity index (χ0n) is 10.8. The van der Waals surface area contributed by atoms with Gasteiger partial charge >= 0.3 is 0 Å². The molecule has 0 amide bonds. The predicted molar refractivity (Wildman–Crippen MR) is 85.5 cm³/mol. The highest BCUT2D eigenvalue weighted by molar-refractivity contribution is 7.90. The molecule has 0 fully saturated rings. The molecule has 1 unspecified atom stereocenters. The molecule has 3 heteroatoms. The van der Waals surface area contributed by atoms with E-state index in [1.54, 1.807) is 0 Å². The molecule has 100 valence electrons. The molecule has 0 aliphatic heterocycles. The van der Waals surface area contributed by atoms with Gasteiger partial charge in [0, 0.05) is 16.7 Å². The Labute approximate surface area is 126 Å². The molecule has 3 rings (SSSR count). The fourth-order valence-electron chi connectivity index (χ4n) is 2.15. The third kappa shape index (κ3) is 2.83. The van der Waals surface area contributed by atoms with E-state index in [1.165, 1.54) is 0 Å². The number of hydrogen-bond donors (Lipinski definition) is 0. The summed E-state index contributed by atoms with van der Waals surface area (Å²) in [6.07, 6.45) is 0. The molecule has 3 aromatic carbocycles. The largest absolute Gasteiger partial charge is 0.611 e. The lowest BCUT2D eigenvalue weighted by atomic mass is 10.1. The van der Waals surface area contributed by atoms with E-state index in [9.17, 15) is 4.55 Å². The highest BCUT2D eigenvalue weighted by Gasteiger charge is 2.14. The van der Waals surface area contributed by atoms with Crippen molar-refractivity contribution in [2.24, 2.45) is 0 Å². The zero-order chi connectivity index (χ0) is 13.9. The molecule has 0 aliphatic carbocycles. The molecule has 1 atom stereocenters. The first-order chi connectivity index (χ1) is 9.74. The summed E-state index contributed by atoms with van der Waals surface area (Å²) in [6.45, 7) is 0. The maximum Gasteiger partial charge on any atom is 0.153 e. The van der Waals surface area contributed by atoms with Crippen molar-refractivity contribution < 1.29 is 4.55 Å². The molecule has 0 saturated carbocycles. The van der Waals surface area contributed by atoms with Crippen LogP contribution in [-0.4, -0.2) is 4.55 Å². The monoisotopic (exact) mass is 300 g/mol. The van der Waals surface area contributed by atoms with Crippen molar-refractivity contribution >= 4 is 33.5 Å². The molecule has 0 aliphatic rings. The van der Waals surface area contributed by atoms with Crippen molar-refractivity contribution in [1.29, 1.82) is 0 Å². The fraction of sp³-hybridized carbons (Fsp3) is 0.0588. The van der Waals surface area contributed by atoms with Gasteiger partial charge in [-0.1, -0.05) is 54.1 Å². The van der Waals surface area contributed by atoms with Crippen LogP contribution < -0.4 is 0 Å². The van der Waals surface area contributed by atoms with Gasteiger partial charge in [-0.25, -0.2) is 0 Å². The third-order valence-corrected chi connectivity index (χ3v) is 4.95. The van der Waals surface area contributed by atoms with Crippen molar-refractivity contribution in [3.8, 4) is 0 Å².